The summed E-state index contributed by atoms with van der Waals surface area (Å²) in [5, 5.41) is 6.59. The minimum absolute atomic E-state index is 0.0284. The van der Waals surface area contributed by atoms with Gasteiger partial charge in [-0.05, 0) is 6.92 Å². The highest BCUT2D eigenvalue weighted by atomic mass is 19.4. The van der Waals surface area contributed by atoms with E-state index in [2.05, 4.69) is 30.4 Å². The smallest absolute Gasteiger partial charge is 0.349 e. The number of likely N-dealkylation sites (tertiary alicyclic amines) is 1. The molecule has 1 amide bonds. The molecule has 0 bridgehead atoms. The number of alkyl halides is 3. The Morgan fingerprint density at radius 2 is 1.96 bits per heavy atom. The van der Waals surface area contributed by atoms with Crippen LogP contribution in [0.15, 0.2) is 6.33 Å². The van der Waals surface area contributed by atoms with Gasteiger partial charge in [0.1, 0.15) is 12.2 Å². The summed E-state index contributed by atoms with van der Waals surface area (Å²) in [5.41, 5.74) is 0. The Bertz CT molecular complexity index is 867. The summed E-state index contributed by atoms with van der Waals surface area (Å²) in [5.74, 6) is -1.86. The van der Waals surface area contributed by atoms with E-state index in [1.165, 1.54) is 11.0 Å². The van der Waals surface area contributed by atoms with E-state index in [0.717, 1.165) is 4.90 Å². The van der Waals surface area contributed by atoms with Gasteiger partial charge in [-0.1, -0.05) is 0 Å². The van der Waals surface area contributed by atoms with Gasteiger partial charge in [-0.25, -0.2) is 4.98 Å². The van der Waals surface area contributed by atoms with Crippen LogP contribution in [0.5, 0.6) is 0 Å². The second kappa shape index (κ2) is 7.20. The van der Waals surface area contributed by atoms with Crippen molar-refractivity contribution in [3.05, 3.63) is 18.0 Å². The van der Waals surface area contributed by atoms with E-state index >= 15 is 0 Å². The SMILES string of the molecule is Cc1nc(N[C@@H]2CN(C(=O)c3ncn(C)n3)C[C@H]2C(F)(F)F)nc(N(C)C)n1. The molecule has 1 N–H and O–H groups in total. The summed E-state index contributed by atoms with van der Waals surface area (Å²) in [6, 6.07) is -1.11. The molecule has 3 heterocycles. The molecule has 0 aromatic carbocycles. The molecular weight excluding hydrogens is 379 g/mol. The summed E-state index contributed by atoms with van der Waals surface area (Å²) in [6.07, 6.45) is -3.19. The topological polar surface area (TPSA) is 105 Å². The van der Waals surface area contributed by atoms with Gasteiger partial charge in [0.25, 0.3) is 5.91 Å². The monoisotopic (exact) mass is 399 g/mol. The molecule has 2 aromatic heterocycles. The van der Waals surface area contributed by atoms with Crippen LogP contribution in [-0.2, 0) is 7.05 Å². The van der Waals surface area contributed by atoms with E-state index in [4.69, 9.17) is 0 Å². The number of nitrogens with one attached hydrogen (secondary N) is 1. The highest BCUT2D eigenvalue weighted by molar-refractivity contribution is 5.90. The predicted octanol–water partition coefficient (Wildman–Crippen LogP) is 0.490. The molecule has 13 heteroatoms. The number of rotatable bonds is 4. The molecule has 2 aromatic rings. The average Bonchev–Trinajstić information content (AvgIpc) is 3.20. The van der Waals surface area contributed by atoms with E-state index < -0.39 is 30.6 Å². The number of hydrogen-bond acceptors (Lipinski definition) is 8. The Labute approximate surface area is 158 Å². The summed E-state index contributed by atoms with van der Waals surface area (Å²) >= 11 is 0. The number of hydrogen-bond donors (Lipinski definition) is 1. The van der Waals surface area contributed by atoms with Crippen molar-refractivity contribution in [1.29, 1.82) is 0 Å². The number of halogens is 3. The van der Waals surface area contributed by atoms with Gasteiger partial charge in [0.2, 0.25) is 17.7 Å². The van der Waals surface area contributed by atoms with Crippen LogP contribution in [0.1, 0.15) is 16.4 Å². The van der Waals surface area contributed by atoms with Crippen molar-refractivity contribution >= 4 is 17.8 Å². The molecule has 152 valence electrons. The van der Waals surface area contributed by atoms with Crippen molar-refractivity contribution in [2.24, 2.45) is 13.0 Å². The number of amides is 1. The highest BCUT2D eigenvalue weighted by Gasteiger charge is 2.51. The maximum atomic E-state index is 13.6. The van der Waals surface area contributed by atoms with E-state index in [-0.39, 0.29) is 18.3 Å². The molecule has 1 aliphatic rings. The average molecular weight is 399 g/mol. The largest absolute Gasteiger partial charge is 0.395 e. The second-order valence-electron chi connectivity index (χ2n) is 6.75. The fourth-order valence-corrected chi connectivity index (χ4v) is 2.92. The molecule has 0 unspecified atom stereocenters. The second-order valence-corrected chi connectivity index (χ2v) is 6.75. The number of carbonyl (C=O) groups is 1. The normalized spacial score (nSPS) is 19.8. The predicted molar refractivity (Wildman–Crippen MR) is 92.8 cm³/mol. The Balaban J connectivity index is 1.83. The minimum Gasteiger partial charge on any atom is -0.349 e. The molecule has 1 aliphatic heterocycles. The standard InChI is InChI=1S/C15H20F3N9O/c1-8-20-13(23-14(21-8)25(2)3)22-10-6-27(5-9(10)15(16,17)18)12(28)11-19-7-26(4)24-11/h7,9-10H,5-6H2,1-4H3,(H,20,21,22,23)/t9-,10-/m1/s1. The van der Waals surface area contributed by atoms with E-state index in [1.807, 2.05) is 0 Å². The quantitative estimate of drug-likeness (QED) is 0.792. The van der Waals surface area contributed by atoms with Gasteiger partial charge < -0.3 is 15.1 Å². The summed E-state index contributed by atoms with van der Waals surface area (Å²) in [6.45, 7) is 0.949. The molecule has 0 aliphatic carbocycles. The van der Waals surface area contributed by atoms with Gasteiger partial charge in [-0.15, -0.1) is 5.10 Å². The van der Waals surface area contributed by atoms with Gasteiger partial charge in [-0.3, -0.25) is 9.48 Å². The Morgan fingerprint density at radius 3 is 2.54 bits per heavy atom. The first-order chi connectivity index (χ1) is 13.0. The first-order valence-electron chi connectivity index (χ1n) is 8.42. The number of carbonyl (C=O) groups excluding carboxylic acids is 1. The van der Waals surface area contributed by atoms with Crippen LogP contribution in [0, 0.1) is 12.8 Å². The minimum atomic E-state index is -4.50. The maximum absolute atomic E-state index is 13.6. The van der Waals surface area contributed by atoms with Gasteiger partial charge in [0, 0.05) is 34.2 Å². The zero-order valence-corrected chi connectivity index (χ0v) is 15.8. The van der Waals surface area contributed by atoms with E-state index in [1.54, 1.807) is 33.0 Å². The van der Waals surface area contributed by atoms with Crippen molar-refractivity contribution in [1.82, 2.24) is 34.6 Å². The zero-order valence-electron chi connectivity index (χ0n) is 15.8. The number of anilines is 2. The molecule has 1 fully saturated rings. The Hall–Kier alpha value is -2.99. The third-order valence-electron chi connectivity index (χ3n) is 4.27. The van der Waals surface area contributed by atoms with Gasteiger partial charge in [0.05, 0.1) is 12.0 Å². The van der Waals surface area contributed by atoms with Crippen molar-refractivity contribution in [2.45, 2.75) is 19.1 Å². The fourth-order valence-electron chi connectivity index (χ4n) is 2.92. The first kappa shape index (κ1) is 19.8. The summed E-state index contributed by atoms with van der Waals surface area (Å²) in [7, 11) is 5.00. The molecule has 0 spiro atoms. The number of nitrogens with zero attached hydrogens (tertiary/aromatic N) is 8. The van der Waals surface area contributed by atoms with Crippen molar-refractivity contribution in [3.8, 4) is 0 Å². The lowest BCUT2D eigenvalue weighted by molar-refractivity contribution is -0.171. The van der Waals surface area contributed by atoms with Crippen LogP contribution < -0.4 is 10.2 Å². The van der Waals surface area contributed by atoms with Gasteiger partial charge >= 0.3 is 6.18 Å². The Morgan fingerprint density at radius 1 is 1.25 bits per heavy atom. The summed E-state index contributed by atoms with van der Waals surface area (Å²) < 4.78 is 42.0. The van der Waals surface area contributed by atoms with Crippen LogP contribution in [-0.4, -0.2) is 79.9 Å². The zero-order chi connectivity index (χ0) is 20.6. The molecule has 0 radical (unpaired) electrons. The third kappa shape index (κ3) is 4.12. The molecule has 2 atom stereocenters. The highest BCUT2D eigenvalue weighted by Crippen LogP contribution is 2.35. The van der Waals surface area contributed by atoms with Crippen molar-refractivity contribution in [2.75, 3.05) is 37.4 Å². The number of aryl methyl sites for hydroxylation is 2. The molecule has 0 saturated carbocycles. The lowest BCUT2D eigenvalue weighted by Crippen LogP contribution is -2.38. The van der Waals surface area contributed by atoms with Crippen LogP contribution in [0.3, 0.4) is 0 Å². The molecule has 1 saturated heterocycles. The Kier molecular flexibility index (Phi) is 5.08. The van der Waals surface area contributed by atoms with Crippen LogP contribution >= 0.6 is 0 Å². The van der Waals surface area contributed by atoms with E-state index in [9.17, 15) is 18.0 Å². The lowest BCUT2D eigenvalue weighted by atomic mass is 10.0. The van der Waals surface area contributed by atoms with Crippen molar-refractivity contribution in [3.63, 3.8) is 0 Å². The van der Waals surface area contributed by atoms with Gasteiger partial charge in [-0.2, -0.15) is 28.1 Å². The fraction of sp³-hybridized carbons (Fsp3) is 0.600. The van der Waals surface area contributed by atoms with Crippen molar-refractivity contribution < 1.29 is 18.0 Å². The third-order valence-corrected chi connectivity index (χ3v) is 4.27. The molecule has 28 heavy (non-hydrogen) atoms. The molecule has 10 nitrogen and oxygen atoms in total. The molecule has 3 rings (SSSR count). The first-order valence-corrected chi connectivity index (χ1v) is 8.42. The van der Waals surface area contributed by atoms with E-state index in [0.29, 0.717) is 11.8 Å². The lowest BCUT2D eigenvalue weighted by Gasteiger charge is -2.22. The van der Waals surface area contributed by atoms with Crippen LogP contribution in [0.4, 0.5) is 25.1 Å². The molecular formula is C15H20F3N9O. The van der Waals surface area contributed by atoms with Crippen LogP contribution in [0.25, 0.3) is 0 Å². The van der Waals surface area contributed by atoms with Crippen LogP contribution in [0.2, 0.25) is 0 Å². The van der Waals surface area contributed by atoms with Gasteiger partial charge in [0.15, 0.2) is 0 Å². The number of aromatic nitrogens is 6. The summed E-state index contributed by atoms with van der Waals surface area (Å²) in [4.78, 5) is 31.3. The maximum Gasteiger partial charge on any atom is 0.395 e.